The third-order valence-corrected chi connectivity index (χ3v) is 7.26. The molecule has 2 aliphatic heterocycles. The highest BCUT2D eigenvalue weighted by atomic mass is 35.5. The molecule has 6 nitrogen and oxygen atoms in total. The zero-order valence-electron chi connectivity index (χ0n) is 19.3. The van der Waals surface area contributed by atoms with Gasteiger partial charge in [-0.15, -0.1) is 0 Å². The molecule has 34 heavy (non-hydrogen) atoms. The Hall–Kier alpha value is -2.46. The molecule has 2 aromatic rings. The van der Waals surface area contributed by atoms with Crippen molar-refractivity contribution in [2.24, 2.45) is 5.92 Å². The maximum Gasteiger partial charge on any atom is 0.339 e. The van der Waals surface area contributed by atoms with E-state index in [0.717, 1.165) is 64.1 Å². The number of carbonyl (C=O) groups excluding carboxylic acids is 1. The van der Waals surface area contributed by atoms with Crippen LogP contribution < -0.4 is 9.64 Å². The van der Waals surface area contributed by atoms with E-state index in [4.69, 9.17) is 37.9 Å². The SMILES string of the molecule is COC(=O)c1ccc(Cl)cc1N1CCC(CN2CCC(Oc3ccc(C#N)cc3Cl)CC2)CC1. The summed E-state index contributed by atoms with van der Waals surface area (Å²) < 4.78 is 11.1. The standard InChI is InChI=1S/C26H29Cl2N3O3/c1-33-26(32)22-4-3-20(27)15-24(22)31-12-6-18(7-13-31)17-30-10-8-21(9-11-30)34-25-5-2-19(16-29)14-23(25)28/h2-5,14-15,18,21H,6-13,17H2,1H3. The van der Waals surface area contributed by atoms with Crippen molar-refractivity contribution in [2.45, 2.75) is 31.8 Å². The molecule has 2 saturated heterocycles. The van der Waals surface area contributed by atoms with E-state index in [9.17, 15) is 4.79 Å². The lowest BCUT2D eigenvalue weighted by molar-refractivity contribution is 0.0601. The minimum atomic E-state index is -0.332. The van der Waals surface area contributed by atoms with Crippen LogP contribution in [0.2, 0.25) is 10.0 Å². The van der Waals surface area contributed by atoms with Crippen molar-refractivity contribution in [3.05, 3.63) is 57.6 Å². The lowest BCUT2D eigenvalue weighted by atomic mass is 9.94. The number of nitrogens with zero attached hydrogens (tertiary/aromatic N) is 3. The Balaban J connectivity index is 1.25. The second-order valence-electron chi connectivity index (χ2n) is 8.96. The highest BCUT2D eigenvalue weighted by molar-refractivity contribution is 6.32. The molecule has 0 saturated carbocycles. The van der Waals surface area contributed by atoms with Crippen LogP contribution in [-0.4, -0.2) is 56.8 Å². The molecule has 0 N–H and O–H groups in total. The van der Waals surface area contributed by atoms with Gasteiger partial charge in [0.15, 0.2) is 0 Å². The molecule has 2 heterocycles. The fourth-order valence-corrected chi connectivity index (χ4v) is 5.22. The second-order valence-corrected chi connectivity index (χ2v) is 9.80. The number of halogens is 2. The molecule has 0 atom stereocenters. The van der Waals surface area contributed by atoms with E-state index in [1.54, 1.807) is 30.3 Å². The number of methoxy groups -OCH3 is 1. The van der Waals surface area contributed by atoms with Crippen molar-refractivity contribution >= 4 is 34.9 Å². The van der Waals surface area contributed by atoms with Gasteiger partial charge in [0.05, 0.1) is 35.0 Å². The summed E-state index contributed by atoms with van der Waals surface area (Å²) in [5.74, 6) is 0.947. The molecule has 2 fully saturated rings. The normalized spacial score (nSPS) is 17.9. The Kier molecular flexibility index (Phi) is 8.20. The summed E-state index contributed by atoms with van der Waals surface area (Å²) in [5.41, 5.74) is 1.96. The van der Waals surface area contributed by atoms with Gasteiger partial charge in [-0.1, -0.05) is 23.2 Å². The van der Waals surface area contributed by atoms with Gasteiger partial charge in [-0.3, -0.25) is 0 Å². The van der Waals surface area contributed by atoms with Crippen molar-refractivity contribution in [1.82, 2.24) is 4.90 Å². The van der Waals surface area contributed by atoms with Gasteiger partial charge in [0, 0.05) is 37.7 Å². The minimum absolute atomic E-state index is 0.142. The zero-order valence-corrected chi connectivity index (χ0v) is 20.8. The number of hydrogen-bond donors (Lipinski definition) is 0. The molecule has 8 heteroatoms. The summed E-state index contributed by atoms with van der Waals surface area (Å²) in [6.07, 6.45) is 4.21. The van der Waals surface area contributed by atoms with Gasteiger partial charge >= 0.3 is 5.97 Å². The molecule has 2 aromatic carbocycles. The molecule has 0 radical (unpaired) electrons. The number of ether oxygens (including phenoxy) is 2. The lowest BCUT2D eigenvalue weighted by Crippen LogP contribution is -2.43. The number of likely N-dealkylation sites (tertiary alicyclic amines) is 1. The van der Waals surface area contributed by atoms with Crippen LogP contribution in [0.5, 0.6) is 5.75 Å². The number of esters is 1. The van der Waals surface area contributed by atoms with Gasteiger partial charge < -0.3 is 19.3 Å². The van der Waals surface area contributed by atoms with Gasteiger partial charge in [0.2, 0.25) is 0 Å². The highest BCUT2D eigenvalue weighted by Crippen LogP contribution is 2.31. The third kappa shape index (κ3) is 5.96. The van der Waals surface area contributed by atoms with E-state index >= 15 is 0 Å². The Bertz CT molecular complexity index is 1060. The predicted molar refractivity (Wildman–Crippen MR) is 134 cm³/mol. The Labute approximate surface area is 210 Å². The second kappa shape index (κ2) is 11.3. The molecule has 0 spiro atoms. The Morgan fingerprint density at radius 3 is 2.44 bits per heavy atom. The number of anilines is 1. The van der Waals surface area contributed by atoms with Gasteiger partial charge in [-0.05, 0) is 68.0 Å². The largest absolute Gasteiger partial charge is 0.489 e. The van der Waals surface area contributed by atoms with Crippen molar-refractivity contribution in [3.63, 3.8) is 0 Å². The summed E-state index contributed by atoms with van der Waals surface area (Å²) in [6.45, 7) is 4.87. The monoisotopic (exact) mass is 501 g/mol. The third-order valence-electron chi connectivity index (χ3n) is 6.73. The van der Waals surface area contributed by atoms with E-state index in [2.05, 4.69) is 15.9 Å². The van der Waals surface area contributed by atoms with Crippen molar-refractivity contribution in [1.29, 1.82) is 5.26 Å². The van der Waals surface area contributed by atoms with E-state index < -0.39 is 0 Å². The number of benzene rings is 2. The van der Waals surface area contributed by atoms with Crippen molar-refractivity contribution in [3.8, 4) is 11.8 Å². The number of carbonyl (C=O) groups is 1. The van der Waals surface area contributed by atoms with Crippen LogP contribution in [0, 0.1) is 17.2 Å². The van der Waals surface area contributed by atoms with E-state index in [1.807, 2.05) is 6.07 Å². The topological polar surface area (TPSA) is 65.8 Å². The molecule has 0 amide bonds. The van der Waals surface area contributed by atoms with Gasteiger partial charge in [0.25, 0.3) is 0 Å². The molecule has 180 valence electrons. The first-order valence-corrected chi connectivity index (χ1v) is 12.4. The number of hydrogen-bond acceptors (Lipinski definition) is 6. The van der Waals surface area contributed by atoms with Crippen LogP contribution in [-0.2, 0) is 4.74 Å². The maximum absolute atomic E-state index is 12.2. The molecule has 0 unspecified atom stereocenters. The first kappa shape index (κ1) is 24.7. The molecule has 0 bridgehead atoms. The highest BCUT2D eigenvalue weighted by Gasteiger charge is 2.27. The summed E-state index contributed by atoms with van der Waals surface area (Å²) in [6, 6.07) is 12.6. The average Bonchev–Trinajstić information content (AvgIpc) is 2.86. The average molecular weight is 502 g/mol. The Morgan fingerprint density at radius 1 is 1.06 bits per heavy atom. The zero-order chi connectivity index (χ0) is 24.1. The molecule has 2 aliphatic rings. The lowest BCUT2D eigenvalue weighted by Gasteiger charge is -2.38. The van der Waals surface area contributed by atoms with Crippen LogP contribution in [0.15, 0.2) is 36.4 Å². The fourth-order valence-electron chi connectivity index (χ4n) is 4.83. The van der Waals surface area contributed by atoms with E-state index in [-0.39, 0.29) is 12.1 Å². The first-order valence-electron chi connectivity index (χ1n) is 11.7. The van der Waals surface area contributed by atoms with Gasteiger partial charge in [-0.25, -0.2) is 4.79 Å². The molecular weight excluding hydrogens is 473 g/mol. The van der Waals surface area contributed by atoms with E-state index in [0.29, 0.717) is 32.8 Å². The van der Waals surface area contributed by atoms with Gasteiger partial charge in [-0.2, -0.15) is 5.26 Å². The van der Waals surface area contributed by atoms with Crippen LogP contribution in [0.4, 0.5) is 5.69 Å². The summed E-state index contributed by atoms with van der Waals surface area (Å²) in [7, 11) is 1.40. The first-order chi connectivity index (χ1) is 16.5. The smallest absolute Gasteiger partial charge is 0.339 e. The number of nitriles is 1. The van der Waals surface area contributed by atoms with Crippen LogP contribution in [0.1, 0.15) is 41.6 Å². The van der Waals surface area contributed by atoms with Crippen LogP contribution >= 0.6 is 23.2 Å². The summed E-state index contributed by atoms with van der Waals surface area (Å²) >= 11 is 12.5. The molecular formula is C26H29Cl2N3O3. The van der Waals surface area contributed by atoms with Crippen LogP contribution in [0.3, 0.4) is 0 Å². The predicted octanol–water partition coefficient (Wildman–Crippen LogP) is 5.41. The minimum Gasteiger partial charge on any atom is -0.489 e. The maximum atomic E-state index is 12.2. The summed E-state index contributed by atoms with van der Waals surface area (Å²) in [4.78, 5) is 16.9. The molecule has 4 rings (SSSR count). The quantitative estimate of drug-likeness (QED) is 0.492. The fraction of sp³-hybridized carbons (Fsp3) is 0.462. The van der Waals surface area contributed by atoms with Crippen molar-refractivity contribution < 1.29 is 14.3 Å². The Morgan fingerprint density at radius 2 is 1.79 bits per heavy atom. The molecule has 0 aliphatic carbocycles. The van der Waals surface area contributed by atoms with Crippen molar-refractivity contribution in [2.75, 3.05) is 44.7 Å². The molecule has 0 aromatic heterocycles. The number of rotatable bonds is 6. The number of piperidine rings is 2. The van der Waals surface area contributed by atoms with E-state index in [1.165, 1.54) is 7.11 Å². The van der Waals surface area contributed by atoms with Crippen LogP contribution in [0.25, 0.3) is 0 Å². The van der Waals surface area contributed by atoms with Gasteiger partial charge in [0.1, 0.15) is 11.9 Å². The summed E-state index contributed by atoms with van der Waals surface area (Å²) in [5, 5.41) is 10.1.